The van der Waals surface area contributed by atoms with E-state index in [1.54, 1.807) is 6.07 Å². The van der Waals surface area contributed by atoms with Gasteiger partial charge in [-0.05, 0) is 37.3 Å². The molecule has 0 spiro atoms. The van der Waals surface area contributed by atoms with Crippen molar-refractivity contribution in [2.75, 3.05) is 0 Å². The number of nitro groups is 1. The highest BCUT2D eigenvalue weighted by atomic mass is 19.1. The molecule has 2 aromatic rings. The third-order valence-corrected chi connectivity index (χ3v) is 5.18. The lowest BCUT2D eigenvalue weighted by molar-refractivity contribution is -0.387. The molecule has 126 valence electrons. The van der Waals surface area contributed by atoms with Crippen molar-refractivity contribution in [3.63, 3.8) is 0 Å². The first-order chi connectivity index (χ1) is 11.6. The second kappa shape index (κ2) is 6.00. The van der Waals surface area contributed by atoms with Crippen LogP contribution >= 0.6 is 0 Å². The van der Waals surface area contributed by atoms with Crippen LogP contribution < -0.4 is 0 Å². The zero-order valence-corrected chi connectivity index (χ0v) is 13.4. The number of benzene rings is 1. The first-order valence-electron chi connectivity index (χ1n) is 8.61. The maximum Gasteiger partial charge on any atom is 0.304 e. The van der Waals surface area contributed by atoms with Crippen molar-refractivity contribution in [2.45, 2.75) is 56.9 Å². The number of nitro benzene ring substituents is 1. The van der Waals surface area contributed by atoms with Gasteiger partial charge < -0.3 is 4.57 Å². The highest BCUT2D eigenvalue weighted by Crippen LogP contribution is 2.45. The smallest absolute Gasteiger partial charge is 0.304 e. The quantitative estimate of drug-likeness (QED) is 0.599. The van der Waals surface area contributed by atoms with Gasteiger partial charge in [0.1, 0.15) is 0 Å². The van der Waals surface area contributed by atoms with Crippen LogP contribution in [0.4, 0.5) is 10.1 Å². The van der Waals surface area contributed by atoms with Crippen molar-refractivity contribution < 1.29 is 9.31 Å². The van der Waals surface area contributed by atoms with Crippen LogP contribution in [0.3, 0.4) is 0 Å². The Balaban J connectivity index is 1.64. The average molecular weight is 329 g/mol. The molecule has 1 aromatic carbocycles. The van der Waals surface area contributed by atoms with Gasteiger partial charge in [-0.25, -0.2) is 4.98 Å². The molecule has 5 nitrogen and oxygen atoms in total. The number of halogens is 1. The number of imidazole rings is 1. The highest BCUT2D eigenvalue weighted by molar-refractivity contribution is 5.36. The van der Waals surface area contributed by atoms with Crippen LogP contribution in [0.25, 0.3) is 0 Å². The molecule has 0 radical (unpaired) electrons. The van der Waals surface area contributed by atoms with Crippen LogP contribution in [-0.4, -0.2) is 14.5 Å². The van der Waals surface area contributed by atoms with Gasteiger partial charge in [0.25, 0.3) is 0 Å². The second-order valence-electron chi connectivity index (χ2n) is 6.94. The monoisotopic (exact) mass is 329 g/mol. The van der Waals surface area contributed by atoms with E-state index in [2.05, 4.69) is 9.55 Å². The minimum atomic E-state index is -0.776. The van der Waals surface area contributed by atoms with Crippen LogP contribution in [0.15, 0.2) is 24.5 Å². The van der Waals surface area contributed by atoms with Crippen molar-refractivity contribution >= 4 is 5.69 Å². The summed E-state index contributed by atoms with van der Waals surface area (Å²) in [6, 6.07) is 4.16. The molecule has 0 amide bonds. The number of aromatic nitrogens is 2. The van der Waals surface area contributed by atoms with E-state index in [1.165, 1.54) is 62.0 Å². The third kappa shape index (κ3) is 2.81. The predicted octanol–water partition coefficient (Wildman–Crippen LogP) is 4.51. The highest BCUT2D eigenvalue weighted by Gasteiger charge is 2.33. The molecule has 2 aliphatic carbocycles. The lowest BCUT2D eigenvalue weighted by Gasteiger charge is -2.16. The van der Waals surface area contributed by atoms with Gasteiger partial charge >= 0.3 is 5.69 Å². The van der Waals surface area contributed by atoms with Crippen LogP contribution in [0, 0.1) is 15.9 Å². The summed E-state index contributed by atoms with van der Waals surface area (Å²) in [6.45, 7) is 0.514. The van der Waals surface area contributed by atoms with Crippen LogP contribution in [0.1, 0.15) is 67.3 Å². The van der Waals surface area contributed by atoms with Gasteiger partial charge in [-0.3, -0.25) is 10.1 Å². The Kier molecular flexibility index (Phi) is 3.82. The normalized spacial score (nSPS) is 18.2. The summed E-state index contributed by atoms with van der Waals surface area (Å²) in [5, 5.41) is 10.8. The summed E-state index contributed by atoms with van der Waals surface area (Å²) in [6.07, 6.45) is 9.19. The van der Waals surface area contributed by atoms with E-state index in [1.807, 2.05) is 6.33 Å². The van der Waals surface area contributed by atoms with E-state index in [4.69, 9.17) is 0 Å². The predicted molar refractivity (Wildman–Crippen MR) is 87.6 cm³/mol. The van der Waals surface area contributed by atoms with Gasteiger partial charge in [0, 0.05) is 30.1 Å². The topological polar surface area (TPSA) is 61.0 Å². The zero-order valence-electron chi connectivity index (χ0n) is 13.4. The summed E-state index contributed by atoms with van der Waals surface area (Å²) in [7, 11) is 0. The van der Waals surface area contributed by atoms with E-state index >= 15 is 0 Å². The number of hydrogen-bond acceptors (Lipinski definition) is 3. The fourth-order valence-electron chi connectivity index (χ4n) is 3.84. The summed E-state index contributed by atoms with van der Waals surface area (Å²) in [5.41, 5.74) is 2.80. The van der Waals surface area contributed by atoms with Gasteiger partial charge in [0.05, 0.1) is 16.9 Å². The SMILES string of the molecule is O=[N+]([O-])c1ccc(Cn2cnc(C3CC3)c2C2CCCC2)cc1F. The molecule has 0 N–H and O–H groups in total. The maximum absolute atomic E-state index is 13.9. The molecule has 2 aliphatic rings. The summed E-state index contributed by atoms with van der Waals surface area (Å²) in [5.74, 6) is 0.365. The lowest BCUT2D eigenvalue weighted by Crippen LogP contribution is -2.09. The lowest BCUT2D eigenvalue weighted by atomic mass is 9.99. The molecule has 0 aliphatic heterocycles. The van der Waals surface area contributed by atoms with Crippen molar-refractivity contribution in [3.8, 4) is 0 Å². The van der Waals surface area contributed by atoms with Crippen molar-refractivity contribution in [1.29, 1.82) is 0 Å². The second-order valence-corrected chi connectivity index (χ2v) is 6.94. The van der Waals surface area contributed by atoms with Crippen LogP contribution in [-0.2, 0) is 6.54 Å². The zero-order chi connectivity index (χ0) is 16.7. The Morgan fingerprint density at radius 3 is 2.58 bits per heavy atom. The molecule has 0 saturated heterocycles. The molecule has 0 atom stereocenters. The molecular formula is C18H20FN3O2. The van der Waals surface area contributed by atoms with Crippen LogP contribution in [0.2, 0.25) is 0 Å². The molecule has 24 heavy (non-hydrogen) atoms. The largest absolute Gasteiger partial charge is 0.330 e. The Morgan fingerprint density at radius 1 is 1.21 bits per heavy atom. The first-order valence-corrected chi connectivity index (χ1v) is 8.61. The standard InChI is InChI=1S/C18H20FN3O2/c19-15-9-12(5-8-16(15)22(23)24)10-21-11-20-17(13-6-7-13)18(21)14-3-1-2-4-14/h5,8-9,11,13-14H,1-4,6-7,10H2. The molecule has 0 bridgehead atoms. The Labute approximate surface area is 139 Å². The van der Waals surface area contributed by atoms with E-state index in [9.17, 15) is 14.5 Å². The summed E-state index contributed by atoms with van der Waals surface area (Å²) < 4.78 is 16.0. The number of rotatable bonds is 5. The maximum atomic E-state index is 13.9. The summed E-state index contributed by atoms with van der Waals surface area (Å²) in [4.78, 5) is 14.7. The molecule has 2 saturated carbocycles. The minimum Gasteiger partial charge on any atom is -0.330 e. The van der Waals surface area contributed by atoms with E-state index in [0.29, 0.717) is 18.4 Å². The van der Waals surface area contributed by atoms with Gasteiger partial charge in [-0.15, -0.1) is 0 Å². The molecule has 1 heterocycles. The van der Waals surface area contributed by atoms with E-state index in [0.717, 1.165) is 5.56 Å². The van der Waals surface area contributed by atoms with Gasteiger partial charge in [-0.1, -0.05) is 18.9 Å². The molecule has 2 fully saturated rings. The van der Waals surface area contributed by atoms with Crippen molar-refractivity contribution in [3.05, 3.63) is 57.4 Å². The number of hydrogen-bond donors (Lipinski definition) is 0. The fourth-order valence-corrected chi connectivity index (χ4v) is 3.84. The van der Waals surface area contributed by atoms with E-state index < -0.39 is 16.4 Å². The minimum absolute atomic E-state index is 0.473. The van der Waals surface area contributed by atoms with Gasteiger partial charge in [0.2, 0.25) is 5.82 Å². The van der Waals surface area contributed by atoms with Crippen LogP contribution in [0.5, 0.6) is 0 Å². The van der Waals surface area contributed by atoms with Crippen molar-refractivity contribution in [1.82, 2.24) is 9.55 Å². The number of nitrogens with zero attached hydrogens (tertiary/aromatic N) is 3. The Bertz CT molecular complexity index is 777. The van der Waals surface area contributed by atoms with Gasteiger partial charge in [0.15, 0.2) is 0 Å². The third-order valence-electron chi connectivity index (χ3n) is 5.18. The van der Waals surface area contributed by atoms with E-state index in [-0.39, 0.29) is 0 Å². The average Bonchev–Trinajstić information content (AvgIpc) is 3.08. The first kappa shape index (κ1) is 15.3. The van der Waals surface area contributed by atoms with Gasteiger partial charge in [-0.2, -0.15) is 4.39 Å². The van der Waals surface area contributed by atoms with Crippen molar-refractivity contribution in [2.24, 2.45) is 0 Å². The molecule has 4 rings (SSSR count). The molecule has 0 unspecified atom stereocenters. The molecule has 1 aromatic heterocycles. The Morgan fingerprint density at radius 2 is 1.96 bits per heavy atom. The fraction of sp³-hybridized carbons (Fsp3) is 0.500. The molecular weight excluding hydrogens is 309 g/mol. The molecule has 6 heteroatoms. The summed E-state index contributed by atoms with van der Waals surface area (Å²) >= 11 is 0. The Hall–Kier alpha value is -2.24.